The summed E-state index contributed by atoms with van der Waals surface area (Å²) in [4.78, 5) is 0. The normalized spacial score (nSPS) is 57.5. The highest BCUT2D eigenvalue weighted by molar-refractivity contribution is 5.26. The number of hydrogen-bond donors (Lipinski definition) is 7. The SMILES string of the molecule is CC1OC(OC2C(CO)OC(OC3CCC4(C)C(=CCC5C4CCC4(C)C5CC5OC6(CCC(CO)CO6)C(C)C54)C3)C(O)C2O)C(O)C(O)C1O. The average molecular weight is 739 g/mol. The molecule has 3 saturated carbocycles. The van der Waals surface area contributed by atoms with Crippen molar-refractivity contribution in [2.24, 2.45) is 46.3 Å². The van der Waals surface area contributed by atoms with Crippen LogP contribution < -0.4 is 0 Å². The van der Waals surface area contributed by atoms with Crippen molar-refractivity contribution in [2.75, 3.05) is 19.8 Å². The third-order valence-electron chi connectivity index (χ3n) is 15.7. The lowest BCUT2D eigenvalue weighted by molar-refractivity contribution is -0.360. The topological polar surface area (TPSA) is 197 Å². The highest BCUT2D eigenvalue weighted by Gasteiger charge is 2.69. The van der Waals surface area contributed by atoms with Gasteiger partial charge in [-0.25, -0.2) is 0 Å². The molecule has 0 amide bonds. The van der Waals surface area contributed by atoms with Crippen LogP contribution in [-0.4, -0.2) is 135 Å². The Morgan fingerprint density at radius 2 is 1.56 bits per heavy atom. The van der Waals surface area contributed by atoms with E-state index in [1.54, 1.807) is 0 Å². The minimum absolute atomic E-state index is 0.0511. The molecule has 0 radical (unpaired) electrons. The Morgan fingerprint density at radius 1 is 0.808 bits per heavy atom. The third kappa shape index (κ3) is 5.90. The zero-order valence-electron chi connectivity index (χ0n) is 31.0. The zero-order chi connectivity index (χ0) is 36.9. The largest absolute Gasteiger partial charge is 0.396 e. The Hall–Kier alpha value is -0.780. The van der Waals surface area contributed by atoms with E-state index in [2.05, 4.69) is 26.8 Å². The van der Waals surface area contributed by atoms with Crippen molar-refractivity contribution in [3.05, 3.63) is 11.6 Å². The second-order valence-electron chi connectivity index (χ2n) is 18.2. The molecule has 13 heteroatoms. The molecule has 1 spiro atoms. The fourth-order valence-electron chi connectivity index (χ4n) is 12.6. The predicted molar refractivity (Wildman–Crippen MR) is 183 cm³/mol. The molecule has 8 aliphatic rings. The van der Waals surface area contributed by atoms with Gasteiger partial charge in [0.1, 0.15) is 42.7 Å². The molecule has 21 unspecified atom stereocenters. The van der Waals surface area contributed by atoms with Crippen molar-refractivity contribution >= 4 is 0 Å². The van der Waals surface area contributed by atoms with E-state index in [0.29, 0.717) is 42.6 Å². The van der Waals surface area contributed by atoms with Crippen molar-refractivity contribution in [1.82, 2.24) is 0 Å². The molecule has 4 aliphatic carbocycles. The number of fused-ring (bicyclic) bond motifs is 7. The molecule has 0 aromatic heterocycles. The Labute approximate surface area is 306 Å². The van der Waals surface area contributed by atoms with Crippen molar-refractivity contribution in [2.45, 2.75) is 165 Å². The molecule has 4 heterocycles. The first-order chi connectivity index (χ1) is 24.7. The number of aliphatic hydroxyl groups excluding tert-OH is 7. The number of allylic oxidation sites excluding steroid dienone is 1. The van der Waals surface area contributed by atoms with Gasteiger partial charge in [0, 0.05) is 24.9 Å². The number of hydrogen-bond acceptors (Lipinski definition) is 13. The second kappa shape index (κ2) is 14.0. The summed E-state index contributed by atoms with van der Waals surface area (Å²) in [5.74, 6) is 2.24. The summed E-state index contributed by atoms with van der Waals surface area (Å²) in [5, 5.41) is 72.8. The van der Waals surface area contributed by atoms with Crippen LogP contribution in [0.4, 0.5) is 0 Å². The first kappa shape index (κ1) is 38.1. The monoisotopic (exact) mass is 738 g/mol. The zero-order valence-corrected chi connectivity index (χ0v) is 31.0. The van der Waals surface area contributed by atoms with Crippen LogP contribution in [0.15, 0.2) is 11.6 Å². The third-order valence-corrected chi connectivity index (χ3v) is 15.7. The standard InChI is InChI=1S/C39H62O13/c1-18-28-26(52-39(18)12-7-20(15-40)17-47-39)14-25-23-6-5-21-13-22(8-10-37(21,3)24(23)9-11-38(25,28)4)49-36-33(46)31(44)34(27(16-41)50-36)51-35-32(45)30(43)29(42)19(2)48-35/h5,18-20,22-36,40-46H,6-17H2,1-4H3. The Balaban J connectivity index is 0.910. The smallest absolute Gasteiger partial charge is 0.187 e. The van der Waals surface area contributed by atoms with Crippen LogP contribution in [0.3, 0.4) is 0 Å². The minimum Gasteiger partial charge on any atom is -0.396 e. The van der Waals surface area contributed by atoms with E-state index >= 15 is 0 Å². The first-order valence-electron chi connectivity index (χ1n) is 20.0. The Bertz CT molecular complexity index is 1320. The molecular formula is C39H62O13. The molecule has 7 fully saturated rings. The summed E-state index contributed by atoms with van der Waals surface area (Å²) in [5.41, 5.74) is 1.65. The molecule has 296 valence electrons. The summed E-state index contributed by atoms with van der Waals surface area (Å²) in [6, 6.07) is 0. The average Bonchev–Trinajstić information content (AvgIpc) is 3.58. The Morgan fingerprint density at radius 3 is 2.27 bits per heavy atom. The van der Waals surface area contributed by atoms with E-state index in [1.807, 2.05) is 0 Å². The van der Waals surface area contributed by atoms with Crippen LogP contribution in [0.5, 0.6) is 0 Å². The van der Waals surface area contributed by atoms with E-state index < -0.39 is 73.8 Å². The first-order valence-corrected chi connectivity index (χ1v) is 20.0. The Kier molecular flexibility index (Phi) is 10.3. The van der Waals surface area contributed by atoms with E-state index in [0.717, 1.165) is 38.5 Å². The number of ether oxygens (including phenoxy) is 6. The molecule has 8 rings (SSSR count). The highest BCUT2D eigenvalue weighted by atomic mass is 16.7. The fraction of sp³-hybridized carbons (Fsp3) is 0.949. The lowest BCUT2D eigenvalue weighted by atomic mass is 9.47. The lowest BCUT2D eigenvalue weighted by Crippen LogP contribution is -2.64. The number of aliphatic hydroxyl groups is 7. The molecular weight excluding hydrogens is 676 g/mol. The van der Waals surface area contributed by atoms with Gasteiger partial charge in [-0.2, -0.15) is 0 Å². The molecule has 4 saturated heterocycles. The van der Waals surface area contributed by atoms with Crippen LogP contribution in [0.2, 0.25) is 0 Å². The van der Waals surface area contributed by atoms with E-state index in [-0.39, 0.29) is 35.6 Å². The summed E-state index contributed by atoms with van der Waals surface area (Å²) in [7, 11) is 0. The molecule has 0 aromatic carbocycles. The van der Waals surface area contributed by atoms with Gasteiger partial charge < -0.3 is 64.2 Å². The van der Waals surface area contributed by atoms with Crippen molar-refractivity contribution in [3.63, 3.8) is 0 Å². The van der Waals surface area contributed by atoms with Crippen molar-refractivity contribution < 1.29 is 64.2 Å². The summed E-state index contributed by atoms with van der Waals surface area (Å²) in [6.07, 6.45) is -2.29. The molecule has 0 bridgehead atoms. The van der Waals surface area contributed by atoms with E-state index in [9.17, 15) is 35.7 Å². The minimum atomic E-state index is -1.61. The molecule has 13 nitrogen and oxygen atoms in total. The van der Waals surface area contributed by atoms with Gasteiger partial charge in [0.15, 0.2) is 18.4 Å². The number of rotatable bonds is 6. The van der Waals surface area contributed by atoms with Gasteiger partial charge in [0.05, 0.1) is 31.5 Å². The van der Waals surface area contributed by atoms with Crippen molar-refractivity contribution in [3.8, 4) is 0 Å². The van der Waals surface area contributed by atoms with Crippen LogP contribution in [0.25, 0.3) is 0 Å². The molecule has 21 atom stereocenters. The van der Waals surface area contributed by atoms with Crippen LogP contribution in [-0.2, 0) is 28.4 Å². The van der Waals surface area contributed by atoms with Gasteiger partial charge in [-0.15, -0.1) is 0 Å². The van der Waals surface area contributed by atoms with Crippen LogP contribution in [0.1, 0.15) is 85.5 Å². The van der Waals surface area contributed by atoms with Gasteiger partial charge >= 0.3 is 0 Å². The summed E-state index contributed by atoms with van der Waals surface area (Å²) >= 11 is 0. The fourth-order valence-corrected chi connectivity index (χ4v) is 12.6. The molecule has 4 aliphatic heterocycles. The maximum Gasteiger partial charge on any atom is 0.187 e. The second-order valence-corrected chi connectivity index (χ2v) is 18.2. The maximum absolute atomic E-state index is 11.1. The van der Waals surface area contributed by atoms with E-state index in [1.165, 1.54) is 25.3 Å². The highest BCUT2D eigenvalue weighted by Crippen LogP contribution is 2.70. The van der Waals surface area contributed by atoms with Gasteiger partial charge in [0.2, 0.25) is 0 Å². The van der Waals surface area contributed by atoms with Gasteiger partial charge in [-0.1, -0.05) is 32.4 Å². The lowest BCUT2D eigenvalue weighted by Gasteiger charge is -2.58. The summed E-state index contributed by atoms with van der Waals surface area (Å²) < 4.78 is 37.0. The predicted octanol–water partition coefficient (Wildman–Crippen LogP) is 1.36. The molecule has 0 aromatic rings. The summed E-state index contributed by atoms with van der Waals surface area (Å²) in [6.45, 7) is 9.01. The van der Waals surface area contributed by atoms with E-state index in [4.69, 9.17) is 28.4 Å². The van der Waals surface area contributed by atoms with Crippen LogP contribution in [0, 0.1) is 46.3 Å². The molecule has 52 heavy (non-hydrogen) atoms. The van der Waals surface area contributed by atoms with Gasteiger partial charge in [-0.3, -0.25) is 0 Å². The van der Waals surface area contributed by atoms with Gasteiger partial charge in [-0.05, 0) is 92.8 Å². The van der Waals surface area contributed by atoms with Crippen molar-refractivity contribution in [1.29, 1.82) is 0 Å². The molecule has 7 N–H and O–H groups in total. The van der Waals surface area contributed by atoms with Crippen LogP contribution >= 0.6 is 0 Å². The quantitative estimate of drug-likeness (QED) is 0.193. The van der Waals surface area contributed by atoms with Gasteiger partial charge in [0.25, 0.3) is 0 Å². The maximum atomic E-state index is 11.1.